The number of hydrogen-bond donors (Lipinski definition) is 0. The van der Waals surface area contributed by atoms with E-state index in [0.29, 0.717) is 12.2 Å². The number of halogens is 1. The van der Waals surface area contributed by atoms with Crippen molar-refractivity contribution in [2.24, 2.45) is 0 Å². The molecule has 1 aromatic carbocycles. The quantitative estimate of drug-likeness (QED) is 0.551. The van der Waals surface area contributed by atoms with Crippen molar-refractivity contribution in [2.75, 3.05) is 13.2 Å². The molecule has 0 spiro atoms. The normalized spacial score (nSPS) is 12.4. The molecule has 0 amide bonds. The summed E-state index contributed by atoms with van der Waals surface area (Å²) >= 11 is 5.86. The number of rotatable bonds is 6. The van der Waals surface area contributed by atoms with Crippen molar-refractivity contribution in [3.63, 3.8) is 0 Å². The molecule has 1 aromatic rings. The van der Waals surface area contributed by atoms with Gasteiger partial charge in [0.1, 0.15) is 6.61 Å². The van der Waals surface area contributed by atoms with Crippen molar-refractivity contribution in [3.8, 4) is 0 Å². The smallest absolute Gasteiger partial charge is 0.188 e. The number of ketones is 1. The molecule has 15 heavy (non-hydrogen) atoms. The van der Waals surface area contributed by atoms with Crippen LogP contribution in [0.3, 0.4) is 0 Å². The molecule has 1 rings (SSSR count). The monoisotopic (exact) mass is 226 g/mol. The molecule has 0 aromatic heterocycles. The molecular formula is C12H15ClO2. The lowest BCUT2D eigenvalue weighted by molar-refractivity contribution is 0.0759. The first-order chi connectivity index (χ1) is 7.24. The van der Waals surface area contributed by atoms with Gasteiger partial charge in [-0.15, -0.1) is 11.6 Å². The van der Waals surface area contributed by atoms with Crippen molar-refractivity contribution >= 4 is 17.4 Å². The Balaban J connectivity index is 2.31. The van der Waals surface area contributed by atoms with Gasteiger partial charge in [0.2, 0.25) is 0 Å². The second-order valence-corrected chi connectivity index (χ2v) is 3.93. The van der Waals surface area contributed by atoms with Crippen LogP contribution < -0.4 is 0 Å². The standard InChI is InChI=1S/C12H15ClO2/c1-2-11(13)8-15-9-12(14)10-6-4-3-5-7-10/h3-7,11H,2,8-9H2,1H3. The molecule has 0 heterocycles. The Bertz CT molecular complexity index is 298. The van der Waals surface area contributed by atoms with Gasteiger partial charge in [0.15, 0.2) is 5.78 Å². The third kappa shape index (κ3) is 4.45. The number of Topliss-reactive ketones (excluding diaryl/α,β-unsaturated/α-hetero) is 1. The van der Waals surface area contributed by atoms with Crippen LogP contribution >= 0.6 is 11.6 Å². The molecule has 0 aliphatic carbocycles. The minimum atomic E-state index is -0.00595. The number of carbonyl (C=O) groups excluding carboxylic acids is 1. The van der Waals surface area contributed by atoms with Crippen LogP contribution in [0.15, 0.2) is 30.3 Å². The van der Waals surface area contributed by atoms with Crippen LogP contribution in [0.25, 0.3) is 0 Å². The first-order valence-electron chi connectivity index (χ1n) is 5.04. The maximum atomic E-state index is 11.5. The highest BCUT2D eigenvalue weighted by Gasteiger charge is 2.06. The van der Waals surface area contributed by atoms with Crippen LogP contribution in [0.5, 0.6) is 0 Å². The average Bonchev–Trinajstić information content (AvgIpc) is 2.29. The third-order valence-electron chi connectivity index (χ3n) is 2.07. The summed E-state index contributed by atoms with van der Waals surface area (Å²) in [7, 11) is 0. The van der Waals surface area contributed by atoms with Crippen LogP contribution in [-0.4, -0.2) is 24.4 Å². The highest BCUT2D eigenvalue weighted by Crippen LogP contribution is 2.03. The van der Waals surface area contributed by atoms with Gasteiger partial charge in [0.05, 0.1) is 12.0 Å². The predicted molar refractivity (Wildman–Crippen MR) is 61.5 cm³/mol. The predicted octanol–water partition coefficient (Wildman–Crippen LogP) is 2.90. The first kappa shape index (κ1) is 12.2. The van der Waals surface area contributed by atoms with Crippen molar-refractivity contribution < 1.29 is 9.53 Å². The lowest BCUT2D eigenvalue weighted by Gasteiger charge is -2.06. The van der Waals surface area contributed by atoms with Crippen LogP contribution in [0, 0.1) is 0 Å². The van der Waals surface area contributed by atoms with Gasteiger partial charge in [-0.1, -0.05) is 37.3 Å². The van der Waals surface area contributed by atoms with E-state index in [1.54, 1.807) is 12.1 Å². The Labute approximate surface area is 95.2 Å². The minimum absolute atomic E-state index is 0.00410. The van der Waals surface area contributed by atoms with E-state index in [0.717, 1.165) is 6.42 Å². The van der Waals surface area contributed by atoms with Crippen LogP contribution in [0.1, 0.15) is 23.7 Å². The molecule has 0 saturated heterocycles. The van der Waals surface area contributed by atoms with E-state index in [-0.39, 0.29) is 17.8 Å². The van der Waals surface area contributed by atoms with Gasteiger partial charge in [-0.2, -0.15) is 0 Å². The summed E-state index contributed by atoms with van der Waals surface area (Å²) < 4.78 is 5.22. The molecule has 0 aliphatic heterocycles. The zero-order chi connectivity index (χ0) is 11.1. The van der Waals surface area contributed by atoms with E-state index in [1.807, 2.05) is 25.1 Å². The Morgan fingerprint density at radius 3 is 2.67 bits per heavy atom. The summed E-state index contributed by atoms with van der Waals surface area (Å²) in [6, 6.07) is 9.12. The summed E-state index contributed by atoms with van der Waals surface area (Å²) in [5.74, 6) is -0.00410. The molecular weight excluding hydrogens is 212 g/mol. The number of carbonyl (C=O) groups is 1. The molecule has 1 unspecified atom stereocenters. The lowest BCUT2D eigenvalue weighted by Crippen LogP contribution is -2.14. The SMILES string of the molecule is CCC(Cl)COCC(=O)c1ccccc1. The Morgan fingerprint density at radius 1 is 1.40 bits per heavy atom. The van der Waals surface area contributed by atoms with Gasteiger partial charge >= 0.3 is 0 Å². The Morgan fingerprint density at radius 2 is 2.07 bits per heavy atom. The number of hydrogen-bond acceptors (Lipinski definition) is 2. The average molecular weight is 227 g/mol. The molecule has 1 atom stereocenters. The van der Waals surface area contributed by atoms with Crippen molar-refractivity contribution in [1.82, 2.24) is 0 Å². The Kier molecular flexibility index (Phi) is 5.37. The van der Waals surface area contributed by atoms with Gasteiger partial charge in [-0.3, -0.25) is 4.79 Å². The Hall–Kier alpha value is -0.860. The zero-order valence-corrected chi connectivity index (χ0v) is 9.54. The van der Waals surface area contributed by atoms with E-state index < -0.39 is 0 Å². The van der Waals surface area contributed by atoms with Crippen LogP contribution in [0.2, 0.25) is 0 Å². The third-order valence-corrected chi connectivity index (χ3v) is 2.51. The second kappa shape index (κ2) is 6.59. The highest BCUT2D eigenvalue weighted by atomic mass is 35.5. The molecule has 2 nitrogen and oxygen atoms in total. The van der Waals surface area contributed by atoms with Crippen LogP contribution in [0.4, 0.5) is 0 Å². The fourth-order valence-corrected chi connectivity index (χ4v) is 1.19. The zero-order valence-electron chi connectivity index (χ0n) is 8.78. The second-order valence-electron chi connectivity index (χ2n) is 3.31. The molecule has 82 valence electrons. The summed E-state index contributed by atoms with van der Waals surface area (Å²) in [4.78, 5) is 11.5. The molecule has 3 heteroatoms. The molecule has 0 N–H and O–H groups in total. The van der Waals surface area contributed by atoms with E-state index in [4.69, 9.17) is 16.3 Å². The molecule has 0 bridgehead atoms. The molecule has 0 fully saturated rings. The summed E-state index contributed by atoms with van der Waals surface area (Å²) in [6.45, 7) is 2.52. The number of alkyl halides is 1. The first-order valence-corrected chi connectivity index (χ1v) is 5.47. The van der Waals surface area contributed by atoms with Gasteiger partial charge in [-0.05, 0) is 6.42 Å². The topological polar surface area (TPSA) is 26.3 Å². The van der Waals surface area contributed by atoms with E-state index in [2.05, 4.69) is 0 Å². The molecule has 0 aliphatic rings. The van der Waals surface area contributed by atoms with Gasteiger partial charge in [0.25, 0.3) is 0 Å². The minimum Gasteiger partial charge on any atom is -0.372 e. The number of benzene rings is 1. The van der Waals surface area contributed by atoms with E-state index in [9.17, 15) is 4.79 Å². The van der Waals surface area contributed by atoms with Crippen molar-refractivity contribution in [3.05, 3.63) is 35.9 Å². The fourth-order valence-electron chi connectivity index (χ4n) is 1.10. The van der Waals surface area contributed by atoms with Crippen molar-refractivity contribution in [2.45, 2.75) is 18.7 Å². The highest BCUT2D eigenvalue weighted by molar-refractivity contribution is 6.20. The summed E-state index contributed by atoms with van der Waals surface area (Å²) in [5.41, 5.74) is 0.681. The fraction of sp³-hybridized carbons (Fsp3) is 0.417. The van der Waals surface area contributed by atoms with Crippen LogP contribution in [-0.2, 0) is 4.74 Å². The largest absolute Gasteiger partial charge is 0.372 e. The van der Waals surface area contributed by atoms with Gasteiger partial charge in [-0.25, -0.2) is 0 Å². The summed E-state index contributed by atoms with van der Waals surface area (Å²) in [6.07, 6.45) is 0.848. The lowest BCUT2D eigenvalue weighted by atomic mass is 10.1. The van der Waals surface area contributed by atoms with E-state index >= 15 is 0 Å². The van der Waals surface area contributed by atoms with Gasteiger partial charge < -0.3 is 4.74 Å². The van der Waals surface area contributed by atoms with Crippen molar-refractivity contribution in [1.29, 1.82) is 0 Å². The van der Waals surface area contributed by atoms with E-state index in [1.165, 1.54) is 0 Å². The summed E-state index contributed by atoms with van der Waals surface area (Å²) in [5, 5.41) is -0.00595. The molecule has 0 radical (unpaired) electrons. The molecule has 0 saturated carbocycles. The maximum absolute atomic E-state index is 11.5. The number of ether oxygens (including phenoxy) is 1. The van der Waals surface area contributed by atoms with Gasteiger partial charge in [0, 0.05) is 5.56 Å². The maximum Gasteiger partial charge on any atom is 0.188 e.